The van der Waals surface area contributed by atoms with Crippen molar-refractivity contribution in [1.29, 1.82) is 0 Å². The second-order valence-corrected chi connectivity index (χ2v) is 8.54. The highest BCUT2D eigenvalue weighted by molar-refractivity contribution is 14.0. The Balaban J connectivity index is 0.00000272. The lowest BCUT2D eigenvalue weighted by Gasteiger charge is -2.54. The van der Waals surface area contributed by atoms with Gasteiger partial charge in [-0.1, -0.05) is 43.2 Å². The van der Waals surface area contributed by atoms with Crippen LogP contribution in [-0.2, 0) is 24.9 Å². The van der Waals surface area contributed by atoms with Gasteiger partial charge in [-0.3, -0.25) is 0 Å². The number of guanidine groups is 1. The summed E-state index contributed by atoms with van der Waals surface area (Å²) in [7, 11) is 1.99. The van der Waals surface area contributed by atoms with Gasteiger partial charge in [0, 0.05) is 25.1 Å². The molecule has 31 heavy (non-hydrogen) atoms. The molecule has 2 aromatic rings. The Bertz CT molecular complexity index is 862. The van der Waals surface area contributed by atoms with Gasteiger partial charge in [-0.25, -0.2) is 4.99 Å². The van der Waals surface area contributed by atoms with Crippen LogP contribution in [-0.4, -0.2) is 39.5 Å². The molecule has 2 aliphatic carbocycles. The summed E-state index contributed by atoms with van der Waals surface area (Å²) in [5, 5.41) is 15.7. The summed E-state index contributed by atoms with van der Waals surface area (Å²) in [5.74, 6) is 2.65. The van der Waals surface area contributed by atoms with Gasteiger partial charge in [0.15, 0.2) is 11.8 Å². The molecule has 0 bridgehead atoms. The van der Waals surface area contributed by atoms with Gasteiger partial charge < -0.3 is 19.9 Å². The standard InChI is InChI=1S/C23H34N6O.HI/c1-4-30-20-14-19(23(20)12-8-9-13-23)26-22(24-15-18-10-6-5-7-11-18)25-16-21-28-27-17(2)29(21)3;/h5-7,10-11,19-20H,4,8-9,12-16H2,1-3H3,(H2,24,25,26);1H. The van der Waals surface area contributed by atoms with Crippen molar-refractivity contribution in [1.82, 2.24) is 25.4 Å². The van der Waals surface area contributed by atoms with E-state index >= 15 is 0 Å². The number of benzene rings is 1. The van der Waals surface area contributed by atoms with Crippen LogP contribution in [0.5, 0.6) is 0 Å². The van der Waals surface area contributed by atoms with E-state index in [2.05, 4.69) is 52.0 Å². The van der Waals surface area contributed by atoms with Gasteiger partial charge in [0.05, 0.1) is 19.2 Å². The number of nitrogens with one attached hydrogen (secondary N) is 2. The molecule has 170 valence electrons. The number of hydrogen-bond donors (Lipinski definition) is 2. The molecule has 4 rings (SSSR count). The Labute approximate surface area is 202 Å². The van der Waals surface area contributed by atoms with Gasteiger partial charge in [0.1, 0.15) is 5.82 Å². The van der Waals surface area contributed by atoms with E-state index in [1.54, 1.807) is 0 Å². The number of aromatic nitrogens is 3. The summed E-state index contributed by atoms with van der Waals surface area (Å²) in [6.07, 6.45) is 6.49. The second kappa shape index (κ2) is 10.8. The van der Waals surface area contributed by atoms with Crippen molar-refractivity contribution in [2.45, 2.75) is 71.2 Å². The molecule has 1 aromatic heterocycles. The quantitative estimate of drug-likeness (QED) is 0.320. The molecule has 2 atom stereocenters. The lowest BCUT2D eigenvalue weighted by Crippen LogP contribution is -2.65. The third-order valence-electron chi connectivity index (χ3n) is 6.86. The van der Waals surface area contributed by atoms with E-state index in [4.69, 9.17) is 9.73 Å². The lowest BCUT2D eigenvalue weighted by molar-refractivity contribution is -0.125. The molecule has 1 spiro atoms. The predicted molar refractivity (Wildman–Crippen MR) is 133 cm³/mol. The van der Waals surface area contributed by atoms with Gasteiger partial charge in [0.2, 0.25) is 0 Å². The topological polar surface area (TPSA) is 76.4 Å². The van der Waals surface area contributed by atoms with Gasteiger partial charge in [-0.15, -0.1) is 34.2 Å². The summed E-state index contributed by atoms with van der Waals surface area (Å²) in [6, 6.07) is 10.8. The number of hydrogen-bond acceptors (Lipinski definition) is 4. The Kier molecular flexibility index (Phi) is 8.32. The van der Waals surface area contributed by atoms with E-state index in [-0.39, 0.29) is 29.4 Å². The molecule has 2 aliphatic rings. The van der Waals surface area contributed by atoms with E-state index in [9.17, 15) is 0 Å². The van der Waals surface area contributed by atoms with Gasteiger partial charge in [0.25, 0.3) is 0 Å². The van der Waals surface area contributed by atoms with Crippen molar-refractivity contribution < 1.29 is 4.74 Å². The zero-order valence-electron chi connectivity index (χ0n) is 18.8. The third kappa shape index (κ3) is 5.22. The first kappa shape index (κ1) is 24.0. The Morgan fingerprint density at radius 2 is 1.97 bits per heavy atom. The van der Waals surface area contributed by atoms with E-state index in [1.807, 2.05) is 24.6 Å². The minimum atomic E-state index is 0. The molecule has 0 aliphatic heterocycles. The summed E-state index contributed by atoms with van der Waals surface area (Å²) in [5.41, 5.74) is 1.46. The first-order valence-corrected chi connectivity index (χ1v) is 11.2. The van der Waals surface area contributed by atoms with E-state index in [1.165, 1.54) is 31.2 Å². The summed E-state index contributed by atoms with van der Waals surface area (Å²) < 4.78 is 8.09. The number of ether oxygens (including phenoxy) is 1. The molecular formula is C23H35IN6O. The molecule has 0 radical (unpaired) electrons. The van der Waals surface area contributed by atoms with Crippen LogP contribution in [0.2, 0.25) is 0 Å². The van der Waals surface area contributed by atoms with E-state index in [0.29, 0.717) is 25.2 Å². The normalized spacial score (nSPS) is 22.1. The van der Waals surface area contributed by atoms with Gasteiger partial charge in [-0.2, -0.15) is 0 Å². The number of rotatable bonds is 7. The average molecular weight is 538 g/mol. The maximum atomic E-state index is 6.08. The van der Waals surface area contributed by atoms with Crippen molar-refractivity contribution >= 4 is 29.9 Å². The SMILES string of the molecule is CCOC1CC(NC(=NCc2ccccc2)NCc2nnc(C)n2C)C12CCCC2.I. The maximum absolute atomic E-state index is 6.08. The predicted octanol–water partition coefficient (Wildman–Crippen LogP) is 3.71. The first-order chi connectivity index (χ1) is 14.6. The molecule has 2 saturated carbocycles. The molecular weight excluding hydrogens is 503 g/mol. The van der Waals surface area contributed by atoms with E-state index in [0.717, 1.165) is 30.6 Å². The van der Waals surface area contributed by atoms with Gasteiger partial charge in [-0.05, 0) is 38.7 Å². The van der Waals surface area contributed by atoms with Crippen molar-refractivity contribution in [3.05, 3.63) is 47.5 Å². The van der Waals surface area contributed by atoms with Crippen LogP contribution in [0.4, 0.5) is 0 Å². The minimum Gasteiger partial charge on any atom is -0.378 e. The first-order valence-electron chi connectivity index (χ1n) is 11.2. The van der Waals surface area contributed by atoms with Gasteiger partial charge >= 0.3 is 0 Å². The van der Waals surface area contributed by atoms with Crippen molar-refractivity contribution in [3.8, 4) is 0 Å². The molecule has 0 saturated heterocycles. The number of aliphatic imine (C=N–C) groups is 1. The number of halogens is 1. The highest BCUT2D eigenvalue weighted by atomic mass is 127. The average Bonchev–Trinajstić information content (AvgIpc) is 3.40. The van der Waals surface area contributed by atoms with Crippen molar-refractivity contribution in [3.63, 3.8) is 0 Å². The molecule has 1 heterocycles. The minimum absolute atomic E-state index is 0. The largest absolute Gasteiger partial charge is 0.378 e. The Hall–Kier alpha value is -1.68. The van der Waals surface area contributed by atoms with Crippen molar-refractivity contribution in [2.24, 2.45) is 17.5 Å². The summed E-state index contributed by atoms with van der Waals surface area (Å²) >= 11 is 0. The van der Waals surface area contributed by atoms with Crippen LogP contribution in [0.3, 0.4) is 0 Å². The van der Waals surface area contributed by atoms with E-state index < -0.39 is 0 Å². The number of nitrogens with zero attached hydrogens (tertiary/aromatic N) is 4. The fraction of sp³-hybridized carbons (Fsp3) is 0.609. The fourth-order valence-corrected chi connectivity index (χ4v) is 4.93. The molecule has 2 fully saturated rings. The van der Waals surface area contributed by atoms with Crippen LogP contribution < -0.4 is 10.6 Å². The van der Waals surface area contributed by atoms with Crippen LogP contribution >= 0.6 is 24.0 Å². The third-order valence-corrected chi connectivity index (χ3v) is 6.86. The monoisotopic (exact) mass is 538 g/mol. The zero-order chi connectivity index (χ0) is 21.0. The zero-order valence-corrected chi connectivity index (χ0v) is 21.1. The summed E-state index contributed by atoms with van der Waals surface area (Å²) in [4.78, 5) is 4.89. The lowest BCUT2D eigenvalue weighted by atomic mass is 9.60. The second-order valence-electron chi connectivity index (χ2n) is 8.54. The highest BCUT2D eigenvalue weighted by Gasteiger charge is 2.56. The fourth-order valence-electron chi connectivity index (χ4n) is 4.93. The molecule has 7 nitrogen and oxygen atoms in total. The summed E-state index contributed by atoms with van der Waals surface area (Å²) in [6.45, 7) is 6.08. The number of aryl methyl sites for hydroxylation is 1. The molecule has 8 heteroatoms. The smallest absolute Gasteiger partial charge is 0.192 e. The van der Waals surface area contributed by atoms with Crippen molar-refractivity contribution in [2.75, 3.05) is 6.61 Å². The molecule has 1 aromatic carbocycles. The molecule has 2 N–H and O–H groups in total. The van der Waals surface area contributed by atoms with Crippen LogP contribution in [0.15, 0.2) is 35.3 Å². The molecule has 0 amide bonds. The Morgan fingerprint density at radius 1 is 1.23 bits per heavy atom. The highest BCUT2D eigenvalue weighted by Crippen LogP contribution is 2.54. The van der Waals surface area contributed by atoms with Crippen LogP contribution in [0.1, 0.15) is 56.2 Å². The Morgan fingerprint density at radius 3 is 2.61 bits per heavy atom. The maximum Gasteiger partial charge on any atom is 0.192 e. The van der Waals surface area contributed by atoms with Crippen LogP contribution in [0.25, 0.3) is 0 Å². The van der Waals surface area contributed by atoms with Crippen LogP contribution in [0, 0.1) is 12.3 Å². The molecule has 2 unspecified atom stereocenters.